The summed E-state index contributed by atoms with van der Waals surface area (Å²) in [6.07, 6.45) is 2.55. The van der Waals surface area contributed by atoms with Crippen molar-refractivity contribution in [3.05, 3.63) is 24.3 Å². The molecule has 3 nitrogen and oxygen atoms in total. The maximum Gasteiger partial charge on any atom is 0.288 e. The molecule has 1 amide bonds. The molecule has 1 aromatic rings. The number of aliphatic hydroxyl groups is 1. The summed E-state index contributed by atoms with van der Waals surface area (Å²) in [5, 5.41) is 12.7. The minimum Gasteiger partial charge on any atom is -0.380 e. The number of hydrogen-bond acceptors (Lipinski definition) is 3. The quantitative estimate of drug-likeness (QED) is 0.836. The minimum absolute atomic E-state index is 0.381. The van der Waals surface area contributed by atoms with Crippen LogP contribution in [0.25, 0.3) is 0 Å². The first kappa shape index (κ1) is 14.3. The van der Waals surface area contributed by atoms with E-state index in [1.54, 1.807) is 18.2 Å². The van der Waals surface area contributed by atoms with Crippen molar-refractivity contribution < 1.29 is 18.7 Å². The first-order chi connectivity index (χ1) is 8.99. The largest absolute Gasteiger partial charge is 0.380 e. The smallest absolute Gasteiger partial charge is 0.288 e. The fourth-order valence-corrected chi connectivity index (χ4v) is 2.74. The van der Waals surface area contributed by atoms with Crippen LogP contribution in [0.15, 0.2) is 29.2 Å². The first-order valence-electron chi connectivity index (χ1n) is 6.08. The Morgan fingerprint density at radius 1 is 1.37 bits per heavy atom. The highest BCUT2D eigenvalue weighted by Gasteiger charge is 2.38. The van der Waals surface area contributed by atoms with E-state index in [1.807, 2.05) is 0 Å². The number of hydrogen-bond donors (Lipinski definition) is 2. The Balaban J connectivity index is 2.04. The molecule has 1 fully saturated rings. The normalized spacial score (nSPS) is 17.7. The van der Waals surface area contributed by atoms with E-state index >= 15 is 0 Å². The second-order valence-electron chi connectivity index (χ2n) is 4.60. The molecule has 0 bridgehead atoms. The molecule has 0 unspecified atom stereocenters. The molecule has 2 rings (SSSR count). The Kier molecular flexibility index (Phi) is 4.42. The van der Waals surface area contributed by atoms with Crippen LogP contribution in [0.1, 0.15) is 25.7 Å². The molecule has 0 radical (unpaired) electrons. The van der Waals surface area contributed by atoms with Crippen LogP contribution in [0.4, 0.5) is 14.5 Å². The van der Waals surface area contributed by atoms with Crippen molar-refractivity contribution in [1.82, 2.24) is 0 Å². The lowest BCUT2D eigenvalue weighted by Crippen LogP contribution is -2.40. The second-order valence-corrected chi connectivity index (χ2v) is 5.66. The number of carbonyl (C=O) groups excluding carboxylic acids is 1. The van der Waals surface area contributed by atoms with E-state index in [1.165, 1.54) is 6.07 Å². The third-order valence-electron chi connectivity index (χ3n) is 3.17. The molecule has 1 saturated carbocycles. The summed E-state index contributed by atoms with van der Waals surface area (Å²) in [6, 6.07) is 6.24. The van der Waals surface area contributed by atoms with Gasteiger partial charge in [0.05, 0.1) is 0 Å². The molecular formula is C13H15F2NO2S. The molecule has 0 saturated heterocycles. The fraction of sp³-hybridized carbons (Fsp3) is 0.462. The van der Waals surface area contributed by atoms with Gasteiger partial charge in [-0.1, -0.05) is 17.8 Å². The van der Waals surface area contributed by atoms with Gasteiger partial charge >= 0.3 is 0 Å². The number of anilines is 1. The minimum atomic E-state index is -2.50. The molecule has 19 heavy (non-hydrogen) atoms. The number of benzene rings is 1. The van der Waals surface area contributed by atoms with E-state index in [4.69, 9.17) is 0 Å². The van der Waals surface area contributed by atoms with Gasteiger partial charge in [0.2, 0.25) is 0 Å². The molecule has 1 aliphatic carbocycles. The van der Waals surface area contributed by atoms with Gasteiger partial charge in [0, 0.05) is 10.6 Å². The molecule has 0 spiro atoms. The summed E-state index contributed by atoms with van der Waals surface area (Å²) in [5.74, 6) is -2.95. The number of amides is 1. The third-order valence-corrected chi connectivity index (χ3v) is 3.87. The van der Waals surface area contributed by atoms with Crippen molar-refractivity contribution in [1.29, 1.82) is 0 Å². The zero-order chi connectivity index (χ0) is 13.9. The van der Waals surface area contributed by atoms with Gasteiger partial charge in [-0.25, -0.2) is 0 Å². The average molecular weight is 287 g/mol. The highest BCUT2D eigenvalue weighted by Crippen LogP contribution is 2.31. The molecule has 0 atom stereocenters. The van der Waals surface area contributed by atoms with Crippen molar-refractivity contribution in [2.45, 2.75) is 41.9 Å². The topological polar surface area (TPSA) is 49.3 Å². The average Bonchev–Trinajstić information content (AvgIpc) is 2.77. The van der Waals surface area contributed by atoms with Crippen LogP contribution in [0.2, 0.25) is 0 Å². The molecule has 0 aromatic heterocycles. The number of halogens is 2. The summed E-state index contributed by atoms with van der Waals surface area (Å²) in [6.45, 7) is 0. The Hall–Kier alpha value is -1.14. The zero-order valence-electron chi connectivity index (χ0n) is 10.2. The van der Waals surface area contributed by atoms with Gasteiger partial charge in [-0.2, -0.15) is 8.78 Å². The summed E-state index contributed by atoms with van der Waals surface area (Å²) in [7, 11) is 0. The van der Waals surface area contributed by atoms with Gasteiger partial charge in [0.25, 0.3) is 11.7 Å². The Morgan fingerprint density at radius 2 is 2.05 bits per heavy atom. The first-order valence-corrected chi connectivity index (χ1v) is 6.96. The van der Waals surface area contributed by atoms with Crippen LogP contribution < -0.4 is 5.32 Å². The SMILES string of the molecule is O=C(Nc1cccc(SC(F)F)c1)C1(O)CCCC1. The van der Waals surface area contributed by atoms with Crippen molar-refractivity contribution in [2.24, 2.45) is 0 Å². The summed E-state index contributed by atoms with van der Waals surface area (Å²) >= 11 is 0.424. The van der Waals surface area contributed by atoms with Gasteiger partial charge in [-0.15, -0.1) is 0 Å². The monoisotopic (exact) mass is 287 g/mol. The van der Waals surface area contributed by atoms with Gasteiger partial charge in [0.1, 0.15) is 5.60 Å². The van der Waals surface area contributed by atoms with E-state index in [0.29, 0.717) is 35.2 Å². The maximum atomic E-state index is 12.3. The molecule has 0 aliphatic heterocycles. The van der Waals surface area contributed by atoms with E-state index in [2.05, 4.69) is 5.32 Å². The van der Waals surface area contributed by atoms with Gasteiger partial charge in [-0.3, -0.25) is 4.79 Å². The predicted octanol–water partition coefficient (Wildman–Crippen LogP) is 3.24. The van der Waals surface area contributed by atoms with Crippen LogP contribution in [0.5, 0.6) is 0 Å². The Labute approximate surface area is 114 Å². The lowest BCUT2D eigenvalue weighted by atomic mass is 10.0. The maximum absolute atomic E-state index is 12.3. The lowest BCUT2D eigenvalue weighted by molar-refractivity contribution is -0.133. The second kappa shape index (κ2) is 5.88. The van der Waals surface area contributed by atoms with Crippen molar-refractivity contribution >= 4 is 23.4 Å². The molecular weight excluding hydrogens is 272 g/mol. The number of carbonyl (C=O) groups is 1. The molecule has 104 valence electrons. The van der Waals surface area contributed by atoms with Gasteiger partial charge in [0.15, 0.2) is 0 Å². The Bertz CT molecular complexity index is 462. The van der Waals surface area contributed by atoms with Crippen LogP contribution in [-0.2, 0) is 4.79 Å². The van der Waals surface area contributed by atoms with E-state index in [9.17, 15) is 18.7 Å². The van der Waals surface area contributed by atoms with Gasteiger partial charge < -0.3 is 10.4 Å². The molecule has 6 heteroatoms. The van der Waals surface area contributed by atoms with Crippen LogP contribution in [0.3, 0.4) is 0 Å². The summed E-state index contributed by atoms with van der Waals surface area (Å²) in [5.41, 5.74) is -0.887. The van der Waals surface area contributed by atoms with E-state index in [-0.39, 0.29) is 0 Å². The fourth-order valence-electron chi connectivity index (χ4n) is 2.18. The number of rotatable bonds is 4. The molecule has 0 heterocycles. The van der Waals surface area contributed by atoms with Crippen LogP contribution in [0, 0.1) is 0 Å². The number of thioether (sulfide) groups is 1. The lowest BCUT2D eigenvalue weighted by Gasteiger charge is -2.21. The number of nitrogens with one attached hydrogen (secondary N) is 1. The third kappa shape index (κ3) is 3.67. The summed E-state index contributed by atoms with van der Waals surface area (Å²) < 4.78 is 24.5. The van der Waals surface area contributed by atoms with E-state index in [0.717, 1.165) is 12.8 Å². The molecule has 1 aromatic carbocycles. The zero-order valence-corrected chi connectivity index (χ0v) is 11.1. The molecule has 1 aliphatic rings. The molecule has 2 N–H and O–H groups in total. The standard InChI is InChI=1S/C13H15F2NO2S/c14-12(15)19-10-5-3-4-9(8-10)16-11(17)13(18)6-1-2-7-13/h3-5,8,12,18H,1-2,6-7H2,(H,16,17). The van der Waals surface area contributed by atoms with Crippen LogP contribution >= 0.6 is 11.8 Å². The van der Waals surface area contributed by atoms with Gasteiger partial charge in [-0.05, 0) is 43.9 Å². The Morgan fingerprint density at radius 3 is 2.68 bits per heavy atom. The van der Waals surface area contributed by atoms with Crippen LogP contribution in [-0.4, -0.2) is 22.4 Å². The summed E-state index contributed by atoms with van der Waals surface area (Å²) in [4.78, 5) is 12.3. The highest BCUT2D eigenvalue weighted by atomic mass is 32.2. The van der Waals surface area contributed by atoms with Crippen molar-refractivity contribution in [3.63, 3.8) is 0 Å². The highest BCUT2D eigenvalue weighted by molar-refractivity contribution is 7.99. The predicted molar refractivity (Wildman–Crippen MR) is 70.4 cm³/mol. The van der Waals surface area contributed by atoms with E-state index < -0.39 is 17.3 Å². The number of alkyl halides is 2. The van der Waals surface area contributed by atoms with Crippen molar-refractivity contribution in [2.75, 3.05) is 5.32 Å². The van der Waals surface area contributed by atoms with Crippen molar-refractivity contribution in [3.8, 4) is 0 Å².